The Morgan fingerprint density at radius 3 is 2.96 bits per heavy atom. The number of nitrogens with zero attached hydrogens (tertiary/aromatic N) is 5. The normalized spacial score (nSPS) is 17.9. The number of hydrogen-bond donors (Lipinski definition) is 1. The van der Waals surface area contributed by atoms with E-state index in [1.807, 2.05) is 58.3 Å². The summed E-state index contributed by atoms with van der Waals surface area (Å²) in [5.41, 5.74) is 3.09. The summed E-state index contributed by atoms with van der Waals surface area (Å²) in [5.74, 6) is 0. The summed E-state index contributed by atoms with van der Waals surface area (Å²) >= 11 is 0. The first-order valence-corrected chi connectivity index (χ1v) is 8.17. The molecule has 124 valence electrons. The molecule has 0 aliphatic carbocycles. The van der Waals surface area contributed by atoms with Gasteiger partial charge in [0.2, 0.25) is 0 Å². The lowest BCUT2D eigenvalue weighted by Crippen LogP contribution is -2.39. The molecule has 0 amide bonds. The fourth-order valence-corrected chi connectivity index (χ4v) is 2.84. The molecule has 1 fully saturated rings. The van der Waals surface area contributed by atoms with Crippen molar-refractivity contribution in [3.63, 3.8) is 0 Å². The highest BCUT2D eigenvalue weighted by Gasteiger charge is 2.15. The van der Waals surface area contributed by atoms with Gasteiger partial charge in [-0.3, -0.25) is 0 Å². The Hall–Kier alpha value is -2.51. The number of nitrogens with one attached hydrogen (secondary N) is 1. The topological polar surface area (TPSA) is 69.8 Å². The average molecular weight is 324 g/mol. The van der Waals surface area contributed by atoms with Crippen molar-refractivity contribution in [2.24, 2.45) is 0 Å². The van der Waals surface area contributed by atoms with Crippen molar-refractivity contribution in [1.82, 2.24) is 30.1 Å². The minimum absolute atomic E-state index is 0.185. The predicted octanol–water partition coefficient (Wildman–Crippen LogP) is 1.04. The van der Waals surface area contributed by atoms with Gasteiger partial charge in [0.1, 0.15) is 0 Å². The second-order valence-corrected chi connectivity index (χ2v) is 5.94. The summed E-state index contributed by atoms with van der Waals surface area (Å²) in [5, 5.41) is 16.2. The number of benzene rings is 1. The van der Waals surface area contributed by atoms with Gasteiger partial charge in [0.05, 0.1) is 36.8 Å². The molecule has 1 saturated heterocycles. The highest BCUT2D eigenvalue weighted by atomic mass is 16.5. The van der Waals surface area contributed by atoms with Gasteiger partial charge in [-0.2, -0.15) is 5.10 Å². The highest BCUT2D eigenvalue weighted by Crippen LogP contribution is 2.10. The third-order valence-corrected chi connectivity index (χ3v) is 4.03. The minimum Gasteiger partial charge on any atom is -0.375 e. The van der Waals surface area contributed by atoms with Crippen LogP contribution >= 0.6 is 0 Å². The Labute approximate surface area is 140 Å². The van der Waals surface area contributed by atoms with Crippen molar-refractivity contribution in [2.45, 2.75) is 19.1 Å². The summed E-state index contributed by atoms with van der Waals surface area (Å²) < 4.78 is 9.42. The lowest BCUT2D eigenvalue weighted by molar-refractivity contribution is 0.0286. The van der Waals surface area contributed by atoms with Crippen molar-refractivity contribution in [1.29, 1.82) is 0 Å². The first-order chi connectivity index (χ1) is 11.9. The van der Waals surface area contributed by atoms with E-state index < -0.39 is 0 Å². The monoisotopic (exact) mass is 324 g/mol. The smallest absolute Gasteiger partial charge is 0.0853 e. The van der Waals surface area contributed by atoms with Crippen LogP contribution in [0.15, 0.2) is 48.9 Å². The molecule has 2 aromatic heterocycles. The van der Waals surface area contributed by atoms with E-state index in [9.17, 15) is 0 Å². The van der Waals surface area contributed by atoms with E-state index in [4.69, 9.17) is 4.74 Å². The molecule has 1 unspecified atom stereocenters. The number of rotatable bonds is 5. The first kappa shape index (κ1) is 15.0. The van der Waals surface area contributed by atoms with E-state index >= 15 is 0 Å². The van der Waals surface area contributed by atoms with Crippen LogP contribution < -0.4 is 5.32 Å². The zero-order valence-corrected chi connectivity index (χ0v) is 13.4. The predicted molar refractivity (Wildman–Crippen MR) is 89.0 cm³/mol. The molecule has 4 rings (SSSR count). The summed E-state index contributed by atoms with van der Waals surface area (Å²) in [6, 6.07) is 10.1. The largest absolute Gasteiger partial charge is 0.375 e. The molecular weight excluding hydrogens is 304 g/mol. The molecular formula is C17H20N6O. The van der Waals surface area contributed by atoms with E-state index in [1.165, 1.54) is 0 Å². The van der Waals surface area contributed by atoms with Gasteiger partial charge in [-0.05, 0) is 12.1 Å². The van der Waals surface area contributed by atoms with Crippen LogP contribution in [0.4, 0.5) is 0 Å². The molecule has 1 aromatic carbocycles. The van der Waals surface area contributed by atoms with Crippen LogP contribution in [-0.2, 0) is 17.7 Å². The number of morpholine rings is 1. The Morgan fingerprint density at radius 1 is 1.21 bits per heavy atom. The number of ether oxygens (including phenoxy) is 1. The first-order valence-electron chi connectivity index (χ1n) is 8.17. The van der Waals surface area contributed by atoms with Gasteiger partial charge in [-0.25, -0.2) is 9.36 Å². The maximum atomic E-state index is 5.71. The van der Waals surface area contributed by atoms with Crippen LogP contribution in [0.25, 0.3) is 5.69 Å². The maximum Gasteiger partial charge on any atom is 0.0853 e. The van der Waals surface area contributed by atoms with E-state index in [2.05, 4.69) is 20.7 Å². The van der Waals surface area contributed by atoms with Gasteiger partial charge in [0.15, 0.2) is 0 Å². The number of aromatic nitrogens is 5. The van der Waals surface area contributed by atoms with Crippen molar-refractivity contribution >= 4 is 0 Å². The quantitative estimate of drug-likeness (QED) is 0.759. The molecule has 24 heavy (non-hydrogen) atoms. The van der Waals surface area contributed by atoms with Crippen molar-refractivity contribution in [3.8, 4) is 5.69 Å². The fraction of sp³-hybridized carbons (Fsp3) is 0.353. The Kier molecular flexibility index (Phi) is 4.35. The third kappa shape index (κ3) is 3.52. The lowest BCUT2D eigenvalue weighted by atomic mass is 10.2. The summed E-state index contributed by atoms with van der Waals surface area (Å²) in [7, 11) is 0. The molecule has 0 radical (unpaired) electrons. The van der Waals surface area contributed by atoms with Crippen molar-refractivity contribution < 1.29 is 4.74 Å². The molecule has 3 aromatic rings. The van der Waals surface area contributed by atoms with Crippen LogP contribution in [0.1, 0.15) is 11.3 Å². The molecule has 7 heteroatoms. The van der Waals surface area contributed by atoms with E-state index in [0.29, 0.717) is 6.54 Å². The Morgan fingerprint density at radius 2 is 2.12 bits per heavy atom. The van der Waals surface area contributed by atoms with Crippen LogP contribution in [-0.4, -0.2) is 50.6 Å². The van der Waals surface area contributed by atoms with Gasteiger partial charge in [-0.15, -0.1) is 5.10 Å². The van der Waals surface area contributed by atoms with Gasteiger partial charge in [0.25, 0.3) is 0 Å². The van der Waals surface area contributed by atoms with E-state index in [1.54, 1.807) is 0 Å². The lowest BCUT2D eigenvalue weighted by Gasteiger charge is -2.22. The van der Waals surface area contributed by atoms with Gasteiger partial charge < -0.3 is 10.1 Å². The zero-order chi connectivity index (χ0) is 16.2. The van der Waals surface area contributed by atoms with Crippen molar-refractivity contribution in [3.05, 3.63) is 60.2 Å². The molecule has 0 saturated carbocycles. The summed E-state index contributed by atoms with van der Waals surface area (Å²) in [6.45, 7) is 3.21. The zero-order valence-electron chi connectivity index (χ0n) is 13.4. The summed E-state index contributed by atoms with van der Waals surface area (Å²) in [4.78, 5) is 0. The van der Waals surface area contributed by atoms with Gasteiger partial charge in [0, 0.05) is 37.5 Å². The molecule has 0 spiro atoms. The molecule has 7 nitrogen and oxygen atoms in total. The Bertz CT molecular complexity index is 775. The highest BCUT2D eigenvalue weighted by molar-refractivity contribution is 5.30. The van der Waals surface area contributed by atoms with Gasteiger partial charge >= 0.3 is 0 Å². The Balaban J connectivity index is 1.40. The maximum absolute atomic E-state index is 5.71. The van der Waals surface area contributed by atoms with Crippen LogP contribution in [0.5, 0.6) is 0 Å². The molecule has 1 atom stereocenters. The van der Waals surface area contributed by atoms with E-state index in [0.717, 1.165) is 43.1 Å². The number of para-hydroxylation sites is 1. The van der Waals surface area contributed by atoms with Crippen LogP contribution in [0.2, 0.25) is 0 Å². The SMILES string of the molecule is c1ccc(-n2cc(Cn3cc(CC4CNCCO4)nn3)cn2)cc1. The molecule has 3 heterocycles. The minimum atomic E-state index is 0.185. The molecule has 0 bridgehead atoms. The second kappa shape index (κ2) is 6.94. The van der Waals surface area contributed by atoms with Crippen LogP contribution in [0, 0.1) is 0 Å². The molecule has 1 aliphatic heterocycles. The van der Waals surface area contributed by atoms with Crippen LogP contribution in [0.3, 0.4) is 0 Å². The van der Waals surface area contributed by atoms with Crippen molar-refractivity contribution in [2.75, 3.05) is 19.7 Å². The average Bonchev–Trinajstić information content (AvgIpc) is 3.27. The standard InChI is InChI=1S/C17H20N6O/c1-2-4-16(5-3-1)23-12-14(9-19-23)11-22-13-15(20-21-22)8-17-10-18-6-7-24-17/h1-5,9,12-13,17-18H,6-8,10-11H2. The van der Waals surface area contributed by atoms with E-state index in [-0.39, 0.29) is 6.10 Å². The summed E-state index contributed by atoms with van der Waals surface area (Å²) in [6.07, 6.45) is 6.84. The molecule has 1 N–H and O–H groups in total. The number of hydrogen-bond acceptors (Lipinski definition) is 5. The van der Waals surface area contributed by atoms with Gasteiger partial charge in [-0.1, -0.05) is 23.4 Å². The fourth-order valence-electron chi connectivity index (χ4n) is 2.84. The second-order valence-electron chi connectivity index (χ2n) is 5.94. The third-order valence-electron chi connectivity index (χ3n) is 4.03. The molecule has 1 aliphatic rings.